The van der Waals surface area contributed by atoms with Gasteiger partial charge >= 0.3 is 0 Å². The first-order valence-corrected chi connectivity index (χ1v) is 9.74. The Kier molecular flexibility index (Phi) is 6.33. The molecule has 136 valence electrons. The maximum atomic E-state index is 12.4. The fourth-order valence-corrected chi connectivity index (χ4v) is 3.52. The quantitative estimate of drug-likeness (QED) is 0.749. The predicted octanol–water partition coefficient (Wildman–Crippen LogP) is 1.99. The van der Waals surface area contributed by atoms with Gasteiger partial charge < -0.3 is 5.32 Å². The van der Waals surface area contributed by atoms with E-state index < -0.39 is 10.0 Å². The van der Waals surface area contributed by atoms with Crippen LogP contribution in [0.15, 0.2) is 41.6 Å². The van der Waals surface area contributed by atoms with Crippen molar-refractivity contribution in [3.8, 4) is 0 Å². The van der Waals surface area contributed by atoms with Crippen LogP contribution >= 0.6 is 0 Å². The van der Waals surface area contributed by atoms with E-state index in [-0.39, 0.29) is 16.8 Å². The normalized spacial score (nSPS) is 12.8. The number of aryl methyl sites for hydroxylation is 1. The third-order valence-corrected chi connectivity index (χ3v) is 5.29. The number of carbonyl (C=O) groups excluding carboxylic acids is 1. The zero-order chi connectivity index (χ0) is 18.4. The lowest BCUT2D eigenvalue weighted by Crippen LogP contribution is -2.28. The molecule has 8 heteroatoms. The lowest BCUT2D eigenvalue weighted by Gasteiger charge is -2.15. The molecule has 2 aromatic rings. The molecule has 25 heavy (non-hydrogen) atoms. The Bertz CT molecular complexity index is 813. The number of nitrogens with zero attached hydrogens (tertiary/aromatic N) is 2. The molecule has 0 aliphatic carbocycles. The molecule has 2 rings (SSSR count). The summed E-state index contributed by atoms with van der Waals surface area (Å²) in [6.45, 7) is 4.25. The lowest BCUT2D eigenvalue weighted by atomic mass is 10.1. The highest BCUT2D eigenvalue weighted by molar-refractivity contribution is 7.89. The van der Waals surface area contributed by atoms with E-state index in [4.69, 9.17) is 0 Å². The molecule has 1 aromatic carbocycles. The van der Waals surface area contributed by atoms with E-state index in [0.29, 0.717) is 18.5 Å². The SMILES string of the molecule is CCCNS(=O)(=O)c1ccc(C(=O)N[C@@H](CC)c2cnn(C)c2)cc1. The summed E-state index contributed by atoms with van der Waals surface area (Å²) in [5.41, 5.74) is 1.35. The Hall–Kier alpha value is -2.19. The van der Waals surface area contributed by atoms with Crippen LogP contribution in [0, 0.1) is 0 Å². The number of sulfonamides is 1. The third-order valence-electron chi connectivity index (χ3n) is 3.81. The number of amides is 1. The monoisotopic (exact) mass is 364 g/mol. The van der Waals surface area contributed by atoms with Crippen LogP contribution in [0.1, 0.15) is 48.7 Å². The standard InChI is InChI=1S/C17H24N4O3S/c1-4-10-19-25(23,24)15-8-6-13(7-9-15)17(22)20-16(5-2)14-11-18-21(3)12-14/h6-9,11-12,16,19H,4-5,10H2,1-3H3,(H,20,22)/t16-/m0/s1. The Morgan fingerprint density at radius 1 is 1.24 bits per heavy atom. The number of hydrogen-bond acceptors (Lipinski definition) is 4. The van der Waals surface area contributed by atoms with Gasteiger partial charge in [0.05, 0.1) is 17.1 Å². The average Bonchev–Trinajstić information content (AvgIpc) is 3.04. The molecule has 0 unspecified atom stereocenters. The van der Waals surface area contributed by atoms with Gasteiger partial charge in [-0.25, -0.2) is 13.1 Å². The first-order valence-electron chi connectivity index (χ1n) is 8.26. The van der Waals surface area contributed by atoms with Crippen LogP contribution in [0.25, 0.3) is 0 Å². The molecule has 2 N–H and O–H groups in total. The molecule has 0 saturated heterocycles. The van der Waals surface area contributed by atoms with E-state index in [1.54, 1.807) is 10.9 Å². The minimum absolute atomic E-state index is 0.143. The molecule has 1 atom stereocenters. The van der Waals surface area contributed by atoms with Crippen molar-refractivity contribution in [1.82, 2.24) is 19.8 Å². The van der Waals surface area contributed by atoms with Crippen molar-refractivity contribution in [3.63, 3.8) is 0 Å². The van der Waals surface area contributed by atoms with Gasteiger partial charge in [0.2, 0.25) is 10.0 Å². The second-order valence-electron chi connectivity index (χ2n) is 5.80. The van der Waals surface area contributed by atoms with Gasteiger partial charge in [-0.05, 0) is 37.1 Å². The molecule has 1 amide bonds. The summed E-state index contributed by atoms with van der Waals surface area (Å²) in [5.74, 6) is -0.249. The van der Waals surface area contributed by atoms with Crippen LogP contribution in [0.5, 0.6) is 0 Å². The summed E-state index contributed by atoms with van der Waals surface area (Å²) in [4.78, 5) is 12.6. The Morgan fingerprint density at radius 2 is 1.92 bits per heavy atom. The largest absolute Gasteiger partial charge is 0.345 e. The molecule has 0 fully saturated rings. The number of carbonyl (C=O) groups is 1. The van der Waals surface area contributed by atoms with Crippen LogP contribution in [0.3, 0.4) is 0 Å². The van der Waals surface area contributed by atoms with Crippen LogP contribution in [-0.4, -0.2) is 30.7 Å². The van der Waals surface area contributed by atoms with Gasteiger partial charge in [-0.15, -0.1) is 0 Å². The summed E-state index contributed by atoms with van der Waals surface area (Å²) >= 11 is 0. The molecular weight excluding hydrogens is 340 g/mol. The molecule has 0 bridgehead atoms. The summed E-state index contributed by atoms with van der Waals surface area (Å²) in [7, 11) is -1.70. The highest BCUT2D eigenvalue weighted by Gasteiger charge is 2.17. The van der Waals surface area contributed by atoms with Crippen molar-refractivity contribution in [2.75, 3.05) is 6.54 Å². The Labute approximate surface area is 148 Å². The summed E-state index contributed by atoms with van der Waals surface area (Å²) in [6.07, 6.45) is 5.03. The van der Waals surface area contributed by atoms with Gasteiger partial charge in [0.1, 0.15) is 0 Å². The average molecular weight is 364 g/mol. The van der Waals surface area contributed by atoms with Crippen LogP contribution in [0.2, 0.25) is 0 Å². The second-order valence-corrected chi connectivity index (χ2v) is 7.57. The van der Waals surface area contributed by atoms with Crippen molar-refractivity contribution in [1.29, 1.82) is 0 Å². The topological polar surface area (TPSA) is 93.1 Å². The summed E-state index contributed by atoms with van der Waals surface area (Å²) in [5, 5.41) is 7.07. The molecular formula is C17H24N4O3S. The van der Waals surface area contributed by atoms with E-state index >= 15 is 0 Å². The van der Waals surface area contributed by atoms with Gasteiger partial charge in [-0.3, -0.25) is 9.48 Å². The van der Waals surface area contributed by atoms with Crippen molar-refractivity contribution >= 4 is 15.9 Å². The van der Waals surface area contributed by atoms with E-state index in [1.807, 2.05) is 27.1 Å². The van der Waals surface area contributed by atoms with Crippen LogP contribution in [0.4, 0.5) is 0 Å². The second kappa shape index (κ2) is 8.26. The van der Waals surface area contributed by atoms with E-state index in [1.165, 1.54) is 24.3 Å². The van der Waals surface area contributed by atoms with Gasteiger partial charge in [0, 0.05) is 30.9 Å². The van der Waals surface area contributed by atoms with Gasteiger partial charge in [0.15, 0.2) is 0 Å². The maximum Gasteiger partial charge on any atom is 0.251 e. The van der Waals surface area contributed by atoms with Gasteiger partial charge in [-0.1, -0.05) is 13.8 Å². The molecule has 7 nitrogen and oxygen atoms in total. The Balaban J connectivity index is 2.09. The number of nitrogens with one attached hydrogen (secondary N) is 2. The Morgan fingerprint density at radius 3 is 2.44 bits per heavy atom. The van der Waals surface area contributed by atoms with Crippen LogP contribution in [-0.2, 0) is 17.1 Å². The van der Waals surface area contributed by atoms with Crippen LogP contribution < -0.4 is 10.0 Å². The van der Waals surface area contributed by atoms with Gasteiger partial charge in [0.25, 0.3) is 5.91 Å². The summed E-state index contributed by atoms with van der Waals surface area (Å²) < 4.78 is 28.3. The molecule has 1 heterocycles. The molecule has 0 aliphatic heterocycles. The van der Waals surface area contributed by atoms with E-state index in [2.05, 4.69) is 15.1 Å². The number of benzene rings is 1. The highest BCUT2D eigenvalue weighted by Crippen LogP contribution is 2.17. The molecule has 0 radical (unpaired) electrons. The van der Waals surface area contributed by atoms with Gasteiger partial charge in [-0.2, -0.15) is 5.10 Å². The maximum absolute atomic E-state index is 12.4. The predicted molar refractivity (Wildman–Crippen MR) is 95.6 cm³/mol. The van der Waals surface area contributed by atoms with Crippen molar-refractivity contribution in [2.45, 2.75) is 37.6 Å². The number of aromatic nitrogens is 2. The highest BCUT2D eigenvalue weighted by atomic mass is 32.2. The zero-order valence-electron chi connectivity index (χ0n) is 14.7. The van der Waals surface area contributed by atoms with E-state index in [9.17, 15) is 13.2 Å². The lowest BCUT2D eigenvalue weighted by molar-refractivity contribution is 0.0935. The number of rotatable bonds is 8. The zero-order valence-corrected chi connectivity index (χ0v) is 15.5. The minimum atomic E-state index is -3.53. The van der Waals surface area contributed by atoms with Crippen molar-refractivity contribution < 1.29 is 13.2 Å². The first kappa shape index (κ1) is 19.1. The van der Waals surface area contributed by atoms with E-state index in [0.717, 1.165) is 12.0 Å². The number of hydrogen-bond donors (Lipinski definition) is 2. The van der Waals surface area contributed by atoms with Crippen molar-refractivity contribution in [3.05, 3.63) is 47.8 Å². The molecule has 0 spiro atoms. The smallest absolute Gasteiger partial charge is 0.251 e. The summed E-state index contributed by atoms with van der Waals surface area (Å²) in [6, 6.07) is 5.78. The minimum Gasteiger partial charge on any atom is -0.345 e. The fourth-order valence-electron chi connectivity index (χ4n) is 2.39. The third kappa shape index (κ3) is 4.90. The fraction of sp³-hybridized carbons (Fsp3) is 0.412. The van der Waals surface area contributed by atoms with Crippen molar-refractivity contribution in [2.24, 2.45) is 7.05 Å². The molecule has 0 saturated carbocycles. The molecule has 0 aliphatic rings. The first-order chi connectivity index (χ1) is 11.9. The molecule has 1 aromatic heterocycles.